The summed E-state index contributed by atoms with van der Waals surface area (Å²) < 4.78 is 41.0. The Bertz CT molecular complexity index is 641. The Kier molecular flexibility index (Phi) is 4.07. The Morgan fingerprint density at radius 1 is 1.25 bits per heavy atom. The van der Waals surface area contributed by atoms with Crippen molar-refractivity contribution in [3.05, 3.63) is 53.4 Å². The van der Waals surface area contributed by atoms with Gasteiger partial charge in [-0.25, -0.2) is 18.2 Å². The molecule has 4 nitrogen and oxygen atoms in total. The molecule has 20 heavy (non-hydrogen) atoms. The summed E-state index contributed by atoms with van der Waals surface area (Å²) in [6.07, 6.45) is 2.84. The van der Waals surface area contributed by atoms with Crippen LogP contribution < -0.4 is 0 Å². The van der Waals surface area contributed by atoms with Crippen LogP contribution in [-0.2, 0) is 17.8 Å². The number of hydrogen-bond donors (Lipinski definition) is 1. The molecule has 1 aromatic carbocycles. The van der Waals surface area contributed by atoms with Gasteiger partial charge in [-0.3, -0.25) is 4.79 Å². The maximum Gasteiger partial charge on any atom is 0.305 e. The van der Waals surface area contributed by atoms with Gasteiger partial charge in [-0.1, -0.05) is 6.07 Å². The van der Waals surface area contributed by atoms with E-state index in [1.165, 1.54) is 10.8 Å². The molecule has 7 heteroatoms. The number of halogens is 3. The number of rotatable bonds is 5. The van der Waals surface area contributed by atoms with E-state index in [1.54, 1.807) is 6.20 Å². The maximum atomic E-state index is 13.6. The third kappa shape index (κ3) is 2.98. The summed E-state index contributed by atoms with van der Waals surface area (Å²) in [5.74, 6) is -4.61. The molecule has 0 saturated heterocycles. The first-order valence-corrected chi connectivity index (χ1v) is 5.83. The van der Waals surface area contributed by atoms with Gasteiger partial charge < -0.3 is 9.67 Å². The number of aromatic nitrogens is 2. The molecule has 0 unspecified atom stereocenters. The van der Waals surface area contributed by atoms with E-state index in [4.69, 9.17) is 5.11 Å². The lowest BCUT2D eigenvalue weighted by molar-refractivity contribution is -0.137. The lowest BCUT2D eigenvalue weighted by Gasteiger charge is -2.08. The first kappa shape index (κ1) is 14.1. The Balaban J connectivity index is 2.21. The second-order valence-electron chi connectivity index (χ2n) is 4.19. The number of aryl methyl sites for hydroxylation is 1. The average molecular weight is 284 g/mol. The van der Waals surface area contributed by atoms with E-state index >= 15 is 0 Å². The van der Waals surface area contributed by atoms with E-state index in [2.05, 4.69) is 4.98 Å². The van der Waals surface area contributed by atoms with Gasteiger partial charge in [-0.2, -0.15) is 0 Å². The zero-order valence-electron chi connectivity index (χ0n) is 10.3. The molecule has 1 aromatic heterocycles. The van der Waals surface area contributed by atoms with Crippen molar-refractivity contribution in [3.63, 3.8) is 0 Å². The van der Waals surface area contributed by atoms with E-state index in [1.807, 2.05) is 0 Å². The van der Waals surface area contributed by atoms with Gasteiger partial charge in [0.1, 0.15) is 5.82 Å². The second-order valence-corrected chi connectivity index (χ2v) is 4.19. The van der Waals surface area contributed by atoms with Gasteiger partial charge in [0, 0.05) is 25.4 Å². The number of benzene rings is 1. The maximum absolute atomic E-state index is 13.6. The van der Waals surface area contributed by atoms with E-state index < -0.39 is 23.4 Å². The minimum Gasteiger partial charge on any atom is -0.481 e. The second kappa shape index (κ2) is 5.77. The number of carbonyl (C=O) groups is 1. The summed E-state index contributed by atoms with van der Waals surface area (Å²) in [4.78, 5) is 14.5. The highest BCUT2D eigenvalue weighted by atomic mass is 19.2. The number of imidazole rings is 1. The van der Waals surface area contributed by atoms with Crippen LogP contribution in [0.25, 0.3) is 0 Å². The monoisotopic (exact) mass is 284 g/mol. The molecule has 0 amide bonds. The fourth-order valence-electron chi connectivity index (χ4n) is 1.80. The number of hydrogen-bond acceptors (Lipinski definition) is 2. The quantitative estimate of drug-likeness (QED) is 0.858. The summed E-state index contributed by atoms with van der Waals surface area (Å²) in [6, 6.07) is 1.99. The third-order valence-electron chi connectivity index (χ3n) is 2.83. The van der Waals surface area contributed by atoms with Crippen molar-refractivity contribution in [1.82, 2.24) is 9.55 Å². The van der Waals surface area contributed by atoms with Gasteiger partial charge in [0.25, 0.3) is 0 Å². The molecule has 0 aliphatic carbocycles. The predicted molar refractivity (Wildman–Crippen MR) is 63.6 cm³/mol. The molecule has 0 spiro atoms. The molecule has 2 rings (SSSR count). The fourth-order valence-corrected chi connectivity index (χ4v) is 1.80. The summed E-state index contributed by atoms with van der Waals surface area (Å²) in [5, 5.41) is 8.62. The van der Waals surface area contributed by atoms with Crippen molar-refractivity contribution >= 4 is 5.97 Å². The van der Waals surface area contributed by atoms with E-state index in [9.17, 15) is 18.0 Å². The molecule has 1 heterocycles. The summed E-state index contributed by atoms with van der Waals surface area (Å²) in [7, 11) is 0. The van der Waals surface area contributed by atoms with Gasteiger partial charge in [0.15, 0.2) is 17.5 Å². The molecule has 0 atom stereocenters. The van der Waals surface area contributed by atoms with E-state index in [-0.39, 0.29) is 24.9 Å². The Morgan fingerprint density at radius 3 is 2.70 bits per heavy atom. The zero-order chi connectivity index (χ0) is 14.7. The highest BCUT2D eigenvalue weighted by molar-refractivity contribution is 5.66. The van der Waals surface area contributed by atoms with Crippen LogP contribution >= 0.6 is 0 Å². The number of aliphatic carboxylic acids is 1. The van der Waals surface area contributed by atoms with E-state index in [0.29, 0.717) is 5.82 Å². The van der Waals surface area contributed by atoms with Crippen molar-refractivity contribution in [2.75, 3.05) is 0 Å². The van der Waals surface area contributed by atoms with Crippen LogP contribution in [0.15, 0.2) is 24.5 Å². The summed E-state index contributed by atoms with van der Waals surface area (Å²) in [5.41, 5.74) is -0.0355. The lowest BCUT2D eigenvalue weighted by atomic mass is 10.1. The first-order chi connectivity index (χ1) is 9.49. The molecule has 0 radical (unpaired) electrons. The Hall–Kier alpha value is -2.31. The average Bonchev–Trinajstić information content (AvgIpc) is 2.84. The van der Waals surface area contributed by atoms with Crippen LogP contribution in [0.1, 0.15) is 17.8 Å². The smallest absolute Gasteiger partial charge is 0.305 e. The predicted octanol–water partition coefficient (Wildman–Crippen LogP) is 2.37. The van der Waals surface area contributed by atoms with Crippen molar-refractivity contribution < 1.29 is 23.1 Å². The minimum absolute atomic E-state index is 0.0355. The van der Waals surface area contributed by atoms with Gasteiger partial charge in [0.05, 0.1) is 6.42 Å². The Morgan fingerprint density at radius 2 is 2.00 bits per heavy atom. The molecule has 0 fully saturated rings. The Labute approximate surface area is 112 Å². The molecule has 0 saturated carbocycles. The molecule has 2 aromatic rings. The minimum atomic E-state index is -1.52. The van der Waals surface area contributed by atoms with Crippen LogP contribution in [-0.4, -0.2) is 20.6 Å². The topological polar surface area (TPSA) is 55.1 Å². The van der Waals surface area contributed by atoms with Crippen molar-refractivity contribution in [3.8, 4) is 0 Å². The molecular weight excluding hydrogens is 273 g/mol. The highest BCUT2D eigenvalue weighted by Crippen LogP contribution is 2.18. The van der Waals surface area contributed by atoms with Crippen molar-refractivity contribution in [2.24, 2.45) is 0 Å². The number of carboxylic acid groups (broad SMARTS) is 1. The highest BCUT2D eigenvalue weighted by Gasteiger charge is 2.15. The standard InChI is InChI=1S/C13H11F3N2O2/c14-9-2-1-8(12(15)13(9)16)7-10-17-4-6-18(10)5-3-11(19)20/h1-2,4,6H,3,5,7H2,(H,19,20). The normalized spacial score (nSPS) is 10.8. The third-order valence-corrected chi connectivity index (χ3v) is 2.83. The zero-order valence-corrected chi connectivity index (χ0v) is 10.3. The molecule has 0 bridgehead atoms. The SMILES string of the molecule is O=C(O)CCn1ccnc1Cc1ccc(F)c(F)c1F. The van der Waals surface area contributed by atoms with E-state index in [0.717, 1.165) is 12.1 Å². The number of carboxylic acids is 1. The first-order valence-electron chi connectivity index (χ1n) is 5.83. The largest absolute Gasteiger partial charge is 0.481 e. The van der Waals surface area contributed by atoms with Crippen LogP contribution in [0.4, 0.5) is 13.2 Å². The van der Waals surface area contributed by atoms with Gasteiger partial charge in [0.2, 0.25) is 0 Å². The molecular formula is C13H11F3N2O2. The fraction of sp³-hybridized carbons (Fsp3) is 0.231. The van der Waals surface area contributed by atoms with Crippen molar-refractivity contribution in [2.45, 2.75) is 19.4 Å². The summed E-state index contributed by atoms with van der Waals surface area (Å²) >= 11 is 0. The van der Waals surface area contributed by atoms with Gasteiger partial charge in [-0.15, -0.1) is 0 Å². The molecule has 1 N–H and O–H groups in total. The molecule has 106 valence electrons. The van der Waals surface area contributed by atoms with Crippen LogP contribution in [0.3, 0.4) is 0 Å². The molecule has 0 aliphatic heterocycles. The van der Waals surface area contributed by atoms with Gasteiger partial charge >= 0.3 is 5.97 Å². The van der Waals surface area contributed by atoms with Gasteiger partial charge in [-0.05, 0) is 11.6 Å². The van der Waals surface area contributed by atoms with Crippen LogP contribution in [0.5, 0.6) is 0 Å². The molecule has 0 aliphatic rings. The van der Waals surface area contributed by atoms with Crippen LogP contribution in [0.2, 0.25) is 0 Å². The number of nitrogens with zero attached hydrogens (tertiary/aromatic N) is 2. The van der Waals surface area contributed by atoms with Crippen molar-refractivity contribution in [1.29, 1.82) is 0 Å². The summed E-state index contributed by atoms with van der Waals surface area (Å²) in [6.45, 7) is 0.177. The lowest BCUT2D eigenvalue weighted by Crippen LogP contribution is -2.09. The van der Waals surface area contributed by atoms with Crippen LogP contribution in [0, 0.1) is 17.5 Å².